The number of hydrogen-bond acceptors (Lipinski definition) is 8. The molecule has 8 nitrogen and oxygen atoms in total. The summed E-state index contributed by atoms with van der Waals surface area (Å²) in [5.41, 5.74) is 1.40. The third-order valence-electron chi connectivity index (χ3n) is 4.18. The molecule has 0 spiro atoms. The van der Waals surface area contributed by atoms with Gasteiger partial charge in [0.2, 0.25) is 0 Å². The normalized spacial score (nSPS) is 10.8. The maximum absolute atomic E-state index is 11.1. The van der Waals surface area contributed by atoms with Gasteiger partial charge in [0, 0.05) is 52.8 Å². The molecule has 0 aliphatic rings. The fourth-order valence-electron chi connectivity index (χ4n) is 2.62. The molecular formula is C23H28O8S2. The van der Waals surface area contributed by atoms with E-state index in [1.807, 2.05) is 0 Å². The molecule has 1 atom stereocenters. The molecule has 0 radical (unpaired) electrons. The Bertz CT molecular complexity index is 1020. The SMILES string of the molecule is COc1cc(OC)c(C=C=S=O)c(OC)c1.COc1cc(OC)c(C=CS(C)=O)c(OC)c1. The topological polar surface area (TPSA) is 89.5 Å². The van der Waals surface area contributed by atoms with Crippen molar-refractivity contribution in [1.29, 1.82) is 0 Å². The van der Waals surface area contributed by atoms with Crippen LogP contribution in [0.1, 0.15) is 11.1 Å². The van der Waals surface area contributed by atoms with E-state index in [0.717, 1.165) is 5.56 Å². The fourth-order valence-corrected chi connectivity index (χ4v) is 3.11. The Morgan fingerprint density at radius 2 is 1.12 bits per heavy atom. The Balaban J connectivity index is 0.000000331. The molecule has 0 aliphatic heterocycles. The van der Waals surface area contributed by atoms with E-state index in [4.69, 9.17) is 28.4 Å². The van der Waals surface area contributed by atoms with Crippen molar-refractivity contribution < 1.29 is 36.8 Å². The molecule has 10 heteroatoms. The maximum atomic E-state index is 11.1. The van der Waals surface area contributed by atoms with E-state index in [9.17, 15) is 8.42 Å². The Morgan fingerprint density at radius 3 is 1.42 bits per heavy atom. The van der Waals surface area contributed by atoms with Gasteiger partial charge in [-0.25, -0.2) is 4.21 Å². The summed E-state index contributed by atoms with van der Waals surface area (Å²) in [6, 6.07) is 6.93. The first-order valence-corrected chi connectivity index (χ1v) is 11.7. The summed E-state index contributed by atoms with van der Waals surface area (Å²) in [7, 11) is 8.32. The highest BCUT2D eigenvalue weighted by atomic mass is 32.2. The molecule has 33 heavy (non-hydrogen) atoms. The molecule has 0 aromatic heterocycles. The molecule has 0 N–H and O–H groups in total. The van der Waals surface area contributed by atoms with Gasteiger partial charge in [-0.05, 0) is 11.1 Å². The summed E-state index contributed by atoms with van der Waals surface area (Å²) in [6.45, 7) is 0. The van der Waals surface area contributed by atoms with Gasteiger partial charge < -0.3 is 28.4 Å². The zero-order valence-electron chi connectivity index (χ0n) is 19.6. The van der Waals surface area contributed by atoms with Crippen LogP contribution >= 0.6 is 0 Å². The van der Waals surface area contributed by atoms with Crippen LogP contribution in [0.25, 0.3) is 12.2 Å². The minimum absolute atomic E-state index is 0.247. The highest BCUT2D eigenvalue weighted by molar-refractivity contribution is 7.87. The van der Waals surface area contributed by atoms with E-state index in [-0.39, 0.29) is 11.3 Å². The van der Waals surface area contributed by atoms with Crippen molar-refractivity contribution in [2.45, 2.75) is 0 Å². The summed E-state index contributed by atoms with van der Waals surface area (Å²) in [5, 5.41) is 4.06. The average molecular weight is 497 g/mol. The number of methoxy groups -OCH3 is 6. The van der Waals surface area contributed by atoms with E-state index in [0.29, 0.717) is 40.1 Å². The van der Waals surface area contributed by atoms with Crippen LogP contribution in [0.2, 0.25) is 0 Å². The van der Waals surface area contributed by atoms with E-state index >= 15 is 0 Å². The predicted octanol–water partition coefficient (Wildman–Crippen LogP) is 3.40. The van der Waals surface area contributed by atoms with Gasteiger partial charge in [-0.15, -0.1) is 0 Å². The maximum Gasteiger partial charge on any atom is 0.142 e. The lowest BCUT2D eigenvalue weighted by atomic mass is 10.1. The van der Waals surface area contributed by atoms with Crippen molar-refractivity contribution in [3.05, 3.63) is 40.8 Å². The lowest BCUT2D eigenvalue weighted by Crippen LogP contribution is -1.95. The van der Waals surface area contributed by atoms with Gasteiger partial charge in [0.25, 0.3) is 0 Å². The van der Waals surface area contributed by atoms with Crippen molar-refractivity contribution in [3.63, 3.8) is 0 Å². The molecular weight excluding hydrogens is 468 g/mol. The Hall–Kier alpha value is -3.20. The third-order valence-corrected chi connectivity index (χ3v) is 4.92. The van der Waals surface area contributed by atoms with Crippen LogP contribution < -0.4 is 28.4 Å². The second-order valence-electron chi connectivity index (χ2n) is 6.04. The molecule has 2 aromatic rings. The summed E-state index contributed by atoms with van der Waals surface area (Å²) in [5.74, 6) is 3.63. The second kappa shape index (κ2) is 14.8. The monoisotopic (exact) mass is 496 g/mol. The van der Waals surface area contributed by atoms with Gasteiger partial charge in [0.1, 0.15) is 45.8 Å². The van der Waals surface area contributed by atoms with E-state index in [1.165, 1.54) is 20.3 Å². The molecule has 2 aromatic carbocycles. The molecule has 0 saturated carbocycles. The van der Waals surface area contributed by atoms with Crippen LogP contribution in [0.15, 0.2) is 29.7 Å². The number of rotatable bonds is 9. The zero-order valence-corrected chi connectivity index (χ0v) is 21.3. The van der Waals surface area contributed by atoms with Crippen LogP contribution in [0.4, 0.5) is 0 Å². The van der Waals surface area contributed by atoms with Crippen LogP contribution in [-0.2, 0) is 22.1 Å². The average Bonchev–Trinajstić information content (AvgIpc) is 2.85. The fraction of sp³-hybridized carbons (Fsp3) is 0.304. The molecule has 0 amide bonds. The van der Waals surface area contributed by atoms with E-state index in [1.54, 1.807) is 70.4 Å². The van der Waals surface area contributed by atoms with Crippen molar-refractivity contribution in [2.75, 3.05) is 48.9 Å². The smallest absolute Gasteiger partial charge is 0.142 e. The molecule has 180 valence electrons. The lowest BCUT2D eigenvalue weighted by Gasteiger charge is -2.12. The van der Waals surface area contributed by atoms with Gasteiger partial charge in [0.05, 0.1) is 53.8 Å². The summed E-state index contributed by atoms with van der Waals surface area (Å²) in [4.78, 5) is 0. The molecule has 1 unspecified atom stereocenters. The first-order chi connectivity index (χ1) is 15.9. The number of hydrogen-bond donors (Lipinski definition) is 0. The molecule has 0 bridgehead atoms. The zero-order chi connectivity index (χ0) is 24.8. The van der Waals surface area contributed by atoms with Gasteiger partial charge in [-0.3, -0.25) is 4.21 Å². The lowest BCUT2D eigenvalue weighted by molar-refractivity contribution is 0.374. The van der Waals surface area contributed by atoms with E-state index in [2.05, 4.69) is 5.02 Å². The largest absolute Gasteiger partial charge is 0.496 e. The first kappa shape index (κ1) is 27.8. The quantitative estimate of drug-likeness (QED) is 0.488. The standard InChI is InChI=1S/C12H16O4S.C11H12O4S/c1-14-9-7-11(15-2)10(5-6-17(4)13)12(8-9)16-3;1-13-8-6-10(14-2)9(4-5-16-12)11(7-8)15-3/h5-8H,1-4H3;4,6-7H,1-3H3. The Kier molecular flexibility index (Phi) is 12.5. The van der Waals surface area contributed by atoms with E-state index < -0.39 is 10.8 Å². The predicted molar refractivity (Wildman–Crippen MR) is 133 cm³/mol. The number of ether oxygens (including phenoxy) is 6. The molecule has 0 fully saturated rings. The van der Waals surface area contributed by atoms with Crippen molar-refractivity contribution >= 4 is 39.2 Å². The van der Waals surface area contributed by atoms with Crippen molar-refractivity contribution in [3.8, 4) is 34.5 Å². The highest BCUT2D eigenvalue weighted by Gasteiger charge is 2.11. The minimum Gasteiger partial charge on any atom is -0.496 e. The minimum atomic E-state index is -1.02. The van der Waals surface area contributed by atoms with Crippen LogP contribution in [0.5, 0.6) is 34.5 Å². The molecule has 0 heterocycles. The molecule has 0 saturated heterocycles. The summed E-state index contributed by atoms with van der Waals surface area (Å²) >= 11 is 0.247. The Labute approximate surface area is 200 Å². The second-order valence-corrected chi connectivity index (χ2v) is 7.71. The van der Waals surface area contributed by atoms with Gasteiger partial charge in [-0.1, -0.05) is 0 Å². The third kappa shape index (κ3) is 8.34. The van der Waals surface area contributed by atoms with Gasteiger partial charge in [0.15, 0.2) is 0 Å². The summed E-state index contributed by atoms with van der Waals surface area (Å²) in [6.07, 6.45) is 4.83. The van der Waals surface area contributed by atoms with Crippen molar-refractivity contribution in [2.24, 2.45) is 0 Å². The summed E-state index contributed by atoms with van der Waals surface area (Å²) < 4.78 is 52.5. The number of benzene rings is 2. The first-order valence-electron chi connectivity index (χ1n) is 9.36. The van der Waals surface area contributed by atoms with Crippen LogP contribution in [0, 0.1) is 0 Å². The molecule has 0 aliphatic carbocycles. The van der Waals surface area contributed by atoms with Crippen LogP contribution in [-0.4, -0.2) is 62.4 Å². The Morgan fingerprint density at radius 1 is 0.727 bits per heavy atom. The van der Waals surface area contributed by atoms with Gasteiger partial charge >= 0.3 is 0 Å². The highest BCUT2D eigenvalue weighted by Crippen LogP contribution is 2.35. The van der Waals surface area contributed by atoms with Crippen LogP contribution in [0.3, 0.4) is 0 Å². The molecule has 2 rings (SSSR count). The van der Waals surface area contributed by atoms with Gasteiger partial charge in [-0.2, -0.15) is 0 Å². The van der Waals surface area contributed by atoms with Crippen molar-refractivity contribution in [1.82, 2.24) is 0 Å².